The van der Waals surface area contributed by atoms with Crippen molar-refractivity contribution in [2.24, 2.45) is 5.73 Å². The van der Waals surface area contributed by atoms with Crippen LogP contribution in [0.25, 0.3) is 0 Å². The van der Waals surface area contributed by atoms with E-state index in [4.69, 9.17) is 22.7 Å². The summed E-state index contributed by atoms with van der Waals surface area (Å²) in [6, 6.07) is 5.70. The average Bonchev–Trinajstić information content (AvgIpc) is 2.81. The van der Waals surface area contributed by atoms with Gasteiger partial charge in [0.2, 0.25) is 0 Å². The maximum Gasteiger partial charge on any atom is 0.253 e. The minimum absolute atomic E-state index is 0.0130. The van der Waals surface area contributed by atoms with Gasteiger partial charge >= 0.3 is 0 Å². The molecule has 5 heteroatoms. The lowest BCUT2D eigenvalue weighted by molar-refractivity contribution is 0.0799. The normalized spacial score (nSPS) is 13.2. The van der Waals surface area contributed by atoms with Crippen LogP contribution in [0.3, 0.4) is 0 Å². The third-order valence-electron chi connectivity index (χ3n) is 3.01. The van der Waals surface area contributed by atoms with Crippen molar-refractivity contribution < 1.29 is 9.53 Å². The van der Waals surface area contributed by atoms with Crippen LogP contribution < -0.4 is 5.73 Å². The standard InChI is InChI=1S/C13H16N2O2S/c1-15(5-4-12(14)18)13(16)9-2-3-10-7-17-8-11(10)6-9/h2-3,6H,4-5,7-8H2,1H3,(H2,14,18). The second-order valence-electron chi connectivity index (χ2n) is 4.42. The van der Waals surface area contributed by atoms with Crippen molar-refractivity contribution in [2.45, 2.75) is 19.6 Å². The molecule has 0 aliphatic carbocycles. The molecule has 1 amide bonds. The maximum absolute atomic E-state index is 12.2. The molecule has 1 aliphatic heterocycles. The summed E-state index contributed by atoms with van der Waals surface area (Å²) >= 11 is 4.81. The number of hydrogen-bond donors (Lipinski definition) is 1. The second-order valence-corrected chi connectivity index (χ2v) is 4.94. The summed E-state index contributed by atoms with van der Waals surface area (Å²) in [6.45, 7) is 1.77. The lowest BCUT2D eigenvalue weighted by atomic mass is 10.1. The minimum atomic E-state index is -0.0130. The van der Waals surface area contributed by atoms with Crippen molar-refractivity contribution >= 4 is 23.1 Å². The number of amides is 1. The number of benzene rings is 1. The van der Waals surface area contributed by atoms with Gasteiger partial charge in [-0.1, -0.05) is 18.3 Å². The molecule has 0 spiro atoms. The Morgan fingerprint density at radius 3 is 2.89 bits per heavy atom. The van der Waals surface area contributed by atoms with Crippen molar-refractivity contribution in [3.8, 4) is 0 Å². The van der Waals surface area contributed by atoms with E-state index in [0.717, 1.165) is 11.1 Å². The highest BCUT2D eigenvalue weighted by Crippen LogP contribution is 2.21. The lowest BCUT2D eigenvalue weighted by Gasteiger charge is -2.17. The molecule has 2 N–H and O–H groups in total. The zero-order valence-corrected chi connectivity index (χ0v) is 11.1. The first-order valence-corrected chi connectivity index (χ1v) is 6.22. The number of thiocarbonyl (C=S) groups is 1. The van der Waals surface area contributed by atoms with Gasteiger partial charge in [-0.05, 0) is 23.3 Å². The summed E-state index contributed by atoms with van der Waals surface area (Å²) in [6.07, 6.45) is 0.547. The second kappa shape index (κ2) is 5.46. The fourth-order valence-corrected chi connectivity index (χ4v) is 2.00. The zero-order valence-electron chi connectivity index (χ0n) is 10.3. The largest absolute Gasteiger partial charge is 0.393 e. The molecular formula is C13H16N2O2S. The highest BCUT2D eigenvalue weighted by atomic mass is 32.1. The van der Waals surface area contributed by atoms with Crippen LogP contribution in [0.5, 0.6) is 0 Å². The van der Waals surface area contributed by atoms with Gasteiger partial charge in [-0.3, -0.25) is 4.79 Å². The Hall–Kier alpha value is -1.46. The van der Waals surface area contributed by atoms with Gasteiger partial charge in [-0.25, -0.2) is 0 Å². The predicted molar refractivity (Wildman–Crippen MR) is 73.3 cm³/mol. The van der Waals surface area contributed by atoms with Gasteiger partial charge in [0.15, 0.2) is 0 Å². The molecule has 0 atom stereocenters. The van der Waals surface area contributed by atoms with Crippen LogP contribution in [-0.2, 0) is 18.0 Å². The summed E-state index contributed by atoms with van der Waals surface area (Å²) in [4.78, 5) is 14.2. The van der Waals surface area contributed by atoms with Crippen LogP contribution in [0.15, 0.2) is 18.2 Å². The van der Waals surface area contributed by atoms with Gasteiger partial charge in [0.25, 0.3) is 5.91 Å². The first-order valence-electron chi connectivity index (χ1n) is 5.81. The van der Waals surface area contributed by atoms with Gasteiger partial charge in [0.05, 0.1) is 18.2 Å². The van der Waals surface area contributed by atoms with E-state index in [1.807, 2.05) is 18.2 Å². The molecule has 0 bridgehead atoms. The van der Waals surface area contributed by atoms with Crippen molar-refractivity contribution in [2.75, 3.05) is 13.6 Å². The number of nitrogens with zero attached hydrogens (tertiary/aromatic N) is 1. The van der Waals surface area contributed by atoms with Crippen LogP contribution in [-0.4, -0.2) is 29.4 Å². The molecule has 0 fully saturated rings. The number of ether oxygens (including phenoxy) is 1. The smallest absolute Gasteiger partial charge is 0.253 e. The van der Waals surface area contributed by atoms with Crippen molar-refractivity contribution in [3.63, 3.8) is 0 Å². The molecule has 0 aromatic heterocycles. The maximum atomic E-state index is 12.2. The van der Waals surface area contributed by atoms with E-state index in [0.29, 0.717) is 36.7 Å². The highest BCUT2D eigenvalue weighted by Gasteiger charge is 2.16. The number of rotatable bonds is 4. The van der Waals surface area contributed by atoms with Gasteiger partial charge in [-0.15, -0.1) is 0 Å². The number of fused-ring (bicyclic) bond motifs is 1. The van der Waals surface area contributed by atoms with Gasteiger partial charge in [-0.2, -0.15) is 0 Å². The molecule has 2 rings (SSSR count). The molecule has 1 aliphatic rings. The molecule has 0 saturated heterocycles. The number of carbonyl (C=O) groups excluding carboxylic acids is 1. The van der Waals surface area contributed by atoms with Crippen LogP contribution in [0.1, 0.15) is 27.9 Å². The van der Waals surface area contributed by atoms with Gasteiger partial charge < -0.3 is 15.4 Å². The van der Waals surface area contributed by atoms with Crippen LogP contribution in [0.2, 0.25) is 0 Å². The summed E-state index contributed by atoms with van der Waals surface area (Å²) in [5, 5.41) is 0. The third-order valence-corrected chi connectivity index (χ3v) is 3.21. The average molecular weight is 264 g/mol. The number of carbonyl (C=O) groups is 1. The molecule has 18 heavy (non-hydrogen) atoms. The van der Waals surface area contributed by atoms with E-state index < -0.39 is 0 Å². The number of nitrogens with two attached hydrogens (primary N) is 1. The predicted octanol–water partition coefficient (Wildman–Crippen LogP) is 1.47. The Morgan fingerprint density at radius 2 is 2.17 bits per heavy atom. The summed E-state index contributed by atoms with van der Waals surface area (Å²) in [5.74, 6) is -0.0130. The molecule has 96 valence electrons. The Morgan fingerprint density at radius 1 is 1.44 bits per heavy atom. The summed E-state index contributed by atoms with van der Waals surface area (Å²) < 4.78 is 5.33. The first kappa shape index (κ1) is 13.0. The first-order chi connectivity index (χ1) is 8.58. The van der Waals surface area contributed by atoms with E-state index in [9.17, 15) is 4.79 Å². The Kier molecular flexibility index (Phi) is 3.93. The van der Waals surface area contributed by atoms with Gasteiger partial charge in [0, 0.05) is 25.6 Å². The molecule has 1 aromatic carbocycles. The summed E-state index contributed by atoms with van der Waals surface area (Å²) in [7, 11) is 1.75. The van der Waals surface area contributed by atoms with Crippen LogP contribution in [0, 0.1) is 0 Å². The van der Waals surface area contributed by atoms with E-state index in [1.54, 1.807) is 11.9 Å². The fraction of sp³-hybridized carbons (Fsp3) is 0.385. The van der Waals surface area contributed by atoms with Crippen LogP contribution >= 0.6 is 12.2 Å². The third kappa shape index (κ3) is 2.86. The monoisotopic (exact) mass is 264 g/mol. The molecule has 1 heterocycles. The number of hydrogen-bond acceptors (Lipinski definition) is 3. The van der Waals surface area contributed by atoms with Crippen molar-refractivity contribution in [1.29, 1.82) is 0 Å². The van der Waals surface area contributed by atoms with E-state index in [-0.39, 0.29) is 5.91 Å². The van der Waals surface area contributed by atoms with Crippen molar-refractivity contribution in [1.82, 2.24) is 4.90 Å². The Balaban J connectivity index is 2.06. The molecule has 0 saturated carbocycles. The fourth-order valence-electron chi connectivity index (χ4n) is 1.90. The van der Waals surface area contributed by atoms with E-state index >= 15 is 0 Å². The molecule has 4 nitrogen and oxygen atoms in total. The Bertz CT molecular complexity index is 488. The zero-order chi connectivity index (χ0) is 13.1. The topological polar surface area (TPSA) is 55.6 Å². The molecule has 1 aromatic rings. The van der Waals surface area contributed by atoms with Crippen molar-refractivity contribution in [3.05, 3.63) is 34.9 Å². The van der Waals surface area contributed by atoms with E-state index in [2.05, 4.69) is 0 Å². The minimum Gasteiger partial charge on any atom is -0.393 e. The van der Waals surface area contributed by atoms with E-state index in [1.165, 1.54) is 0 Å². The molecule has 0 radical (unpaired) electrons. The molecular weight excluding hydrogens is 248 g/mol. The summed E-state index contributed by atoms with van der Waals surface area (Å²) in [5.41, 5.74) is 8.38. The van der Waals surface area contributed by atoms with Crippen LogP contribution in [0.4, 0.5) is 0 Å². The highest BCUT2D eigenvalue weighted by molar-refractivity contribution is 7.80. The quantitative estimate of drug-likeness (QED) is 0.837. The SMILES string of the molecule is CN(CCC(N)=S)C(=O)c1ccc2c(c1)COC2. The molecule has 0 unspecified atom stereocenters. The van der Waals surface area contributed by atoms with Gasteiger partial charge in [0.1, 0.15) is 0 Å². The lowest BCUT2D eigenvalue weighted by Crippen LogP contribution is -2.30. The Labute approximate surface area is 112 Å².